The van der Waals surface area contributed by atoms with E-state index >= 15 is 0 Å². The van der Waals surface area contributed by atoms with E-state index in [4.69, 9.17) is 4.74 Å². The molecule has 0 aromatic carbocycles. The molecule has 1 saturated heterocycles. The SMILES string of the molecule is CCOC(=O)N1C/C(=C\c2ccsc2)C(=O)/C(=C/c2ccsc2)C1. The topological polar surface area (TPSA) is 46.6 Å². The van der Waals surface area contributed by atoms with Crippen molar-refractivity contribution < 1.29 is 14.3 Å². The zero-order valence-electron chi connectivity index (χ0n) is 13.2. The molecule has 3 heterocycles. The van der Waals surface area contributed by atoms with Crippen molar-refractivity contribution in [1.29, 1.82) is 0 Å². The predicted octanol–water partition coefficient (Wildman–Crippen LogP) is 4.32. The molecule has 24 heavy (non-hydrogen) atoms. The van der Waals surface area contributed by atoms with Crippen molar-refractivity contribution in [3.8, 4) is 0 Å². The van der Waals surface area contributed by atoms with Gasteiger partial charge in [-0.1, -0.05) is 0 Å². The van der Waals surface area contributed by atoms with E-state index in [0.717, 1.165) is 11.1 Å². The van der Waals surface area contributed by atoms with Crippen LogP contribution in [-0.2, 0) is 9.53 Å². The van der Waals surface area contributed by atoms with E-state index in [0.29, 0.717) is 17.8 Å². The quantitative estimate of drug-likeness (QED) is 0.767. The van der Waals surface area contributed by atoms with E-state index in [9.17, 15) is 9.59 Å². The molecule has 0 saturated carbocycles. The maximum atomic E-state index is 12.8. The molecule has 0 radical (unpaired) electrons. The monoisotopic (exact) mass is 359 g/mol. The number of piperidine rings is 1. The van der Waals surface area contributed by atoms with Crippen LogP contribution >= 0.6 is 22.7 Å². The highest BCUT2D eigenvalue weighted by molar-refractivity contribution is 7.08. The maximum absolute atomic E-state index is 12.8. The van der Waals surface area contributed by atoms with Crippen LogP contribution in [0.1, 0.15) is 18.1 Å². The van der Waals surface area contributed by atoms with Gasteiger partial charge in [-0.3, -0.25) is 9.69 Å². The summed E-state index contributed by atoms with van der Waals surface area (Å²) in [6.07, 6.45) is 3.31. The first kappa shape index (κ1) is 16.7. The molecular formula is C18H17NO3S2. The number of likely N-dealkylation sites (tertiary alicyclic amines) is 1. The number of nitrogens with zero attached hydrogens (tertiary/aromatic N) is 1. The number of hydrogen-bond donors (Lipinski definition) is 0. The number of carbonyl (C=O) groups excluding carboxylic acids is 2. The number of carbonyl (C=O) groups is 2. The lowest BCUT2D eigenvalue weighted by Crippen LogP contribution is -2.41. The fourth-order valence-corrected chi connectivity index (χ4v) is 3.74. The van der Waals surface area contributed by atoms with Gasteiger partial charge in [0.1, 0.15) is 0 Å². The fraction of sp³-hybridized carbons (Fsp3) is 0.222. The summed E-state index contributed by atoms with van der Waals surface area (Å²) in [5, 5.41) is 7.88. The molecule has 6 heteroatoms. The average molecular weight is 359 g/mol. The lowest BCUT2D eigenvalue weighted by Gasteiger charge is -2.29. The third kappa shape index (κ3) is 3.83. The van der Waals surface area contributed by atoms with Crippen LogP contribution in [0.15, 0.2) is 44.8 Å². The number of ketones is 1. The van der Waals surface area contributed by atoms with Crippen molar-refractivity contribution in [1.82, 2.24) is 4.90 Å². The summed E-state index contributed by atoms with van der Waals surface area (Å²) in [5.74, 6) is -0.00653. The Hall–Kier alpha value is -2.18. The van der Waals surface area contributed by atoms with Crippen LogP contribution in [0.2, 0.25) is 0 Å². The van der Waals surface area contributed by atoms with Gasteiger partial charge < -0.3 is 4.74 Å². The molecule has 0 aliphatic carbocycles. The number of hydrogen-bond acceptors (Lipinski definition) is 5. The van der Waals surface area contributed by atoms with Crippen LogP contribution in [0.3, 0.4) is 0 Å². The minimum absolute atomic E-state index is 0.00653. The van der Waals surface area contributed by atoms with Gasteiger partial charge in [0.25, 0.3) is 0 Å². The van der Waals surface area contributed by atoms with Crippen molar-refractivity contribution >= 4 is 46.7 Å². The summed E-state index contributed by atoms with van der Waals surface area (Å²) in [4.78, 5) is 26.5. The molecule has 0 unspecified atom stereocenters. The van der Waals surface area contributed by atoms with Crippen molar-refractivity contribution in [2.24, 2.45) is 0 Å². The van der Waals surface area contributed by atoms with Gasteiger partial charge in [0.15, 0.2) is 5.78 Å². The first-order valence-electron chi connectivity index (χ1n) is 7.59. The van der Waals surface area contributed by atoms with Crippen molar-refractivity contribution in [2.75, 3.05) is 19.7 Å². The second kappa shape index (κ2) is 7.59. The highest BCUT2D eigenvalue weighted by atomic mass is 32.1. The Morgan fingerprint density at radius 3 is 2.08 bits per heavy atom. The molecule has 2 aromatic heterocycles. The average Bonchev–Trinajstić information content (AvgIpc) is 3.25. The van der Waals surface area contributed by atoms with Gasteiger partial charge in [0, 0.05) is 11.1 Å². The predicted molar refractivity (Wildman–Crippen MR) is 98.2 cm³/mol. The van der Waals surface area contributed by atoms with Crippen LogP contribution in [0.4, 0.5) is 4.79 Å². The van der Waals surface area contributed by atoms with E-state index in [-0.39, 0.29) is 18.9 Å². The second-order valence-electron chi connectivity index (χ2n) is 5.34. The molecule has 2 aromatic rings. The molecule has 0 bridgehead atoms. The first-order valence-corrected chi connectivity index (χ1v) is 9.48. The molecular weight excluding hydrogens is 342 g/mol. The van der Waals surface area contributed by atoms with Crippen LogP contribution < -0.4 is 0 Å². The lowest BCUT2D eigenvalue weighted by molar-refractivity contribution is -0.113. The number of ether oxygens (including phenoxy) is 1. The third-order valence-electron chi connectivity index (χ3n) is 3.60. The van der Waals surface area contributed by atoms with Gasteiger partial charge in [-0.25, -0.2) is 4.79 Å². The molecule has 4 nitrogen and oxygen atoms in total. The van der Waals surface area contributed by atoms with Crippen LogP contribution in [0.25, 0.3) is 12.2 Å². The van der Waals surface area contributed by atoms with Gasteiger partial charge >= 0.3 is 6.09 Å². The van der Waals surface area contributed by atoms with Gasteiger partial charge in [0.2, 0.25) is 0 Å². The summed E-state index contributed by atoms with van der Waals surface area (Å²) >= 11 is 3.15. The number of thiophene rings is 2. The zero-order chi connectivity index (χ0) is 16.9. The lowest BCUT2D eigenvalue weighted by atomic mass is 9.95. The zero-order valence-corrected chi connectivity index (χ0v) is 14.9. The molecule has 1 fully saturated rings. The van der Waals surface area contributed by atoms with Crippen molar-refractivity contribution in [3.05, 3.63) is 55.9 Å². The molecule has 3 rings (SSSR count). The Labute approximate surface area is 148 Å². The van der Waals surface area contributed by atoms with E-state index in [2.05, 4.69) is 0 Å². The number of amides is 1. The fourth-order valence-electron chi connectivity index (χ4n) is 2.50. The summed E-state index contributed by atoms with van der Waals surface area (Å²) < 4.78 is 5.11. The Morgan fingerprint density at radius 2 is 1.67 bits per heavy atom. The van der Waals surface area contributed by atoms with E-state index in [1.165, 1.54) is 0 Å². The van der Waals surface area contributed by atoms with Crippen molar-refractivity contribution in [3.63, 3.8) is 0 Å². The normalized spacial score (nSPS) is 18.4. The highest BCUT2D eigenvalue weighted by Crippen LogP contribution is 2.23. The van der Waals surface area contributed by atoms with Gasteiger partial charge in [-0.05, 0) is 63.9 Å². The van der Waals surface area contributed by atoms with E-state index in [1.54, 1.807) is 34.5 Å². The maximum Gasteiger partial charge on any atom is 0.410 e. The molecule has 124 valence electrons. The molecule has 1 amide bonds. The minimum Gasteiger partial charge on any atom is -0.450 e. The Kier molecular flexibility index (Phi) is 5.27. The number of rotatable bonds is 3. The largest absolute Gasteiger partial charge is 0.450 e. The van der Waals surface area contributed by atoms with Gasteiger partial charge in [0.05, 0.1) is 19.7 Å². The van der Waals surface area contributed by atoms with E-state index < -0.39 is 6.09 Å². The molecule has 0 N–H and O–H groups in total. The molecule has 0 atom stereocenters. The molecule has 1 aliphatic heterocycles. The van der Waals surface area contributed by atoms with Gasteiger partial charge in [-0.2, -0.15) is 22.7 Å². The van der Waals surface area contributed by atoms with E-state index in [1.807, 2.05) is 45.8 Å². The highest BCUT2D eigenvalue weighted by Gasteiger charge is 2.29. The summed E-state index contributed by atoms with van der Waals surface area (Å²) in [7, 11) is 0. The first-order chi connectivity index (χ1) is 11.7. The number of Topliss-reactive ketones (excluding diaryl/α,β-unsaturated/α-hetero) is 1. The summed E-state index contributed by atoms with van der Waals surface area (Å²) in [6.45, 7) is 2.64. The Bertz CT molecular complexity index is 717. The Balaban J connectivity index is 1.93. The minimum atomic E-state index is -0.391. The van der Waals surface area contributed by atoms with Crippen LogP contribution in [0, 0.1) is 0 Å². The summed E-state index contributed by atoms with van der Waals surface area (Å²) in [5.41, 5.74) is 3.16. The van der Waals surface area contributed by atoms with Crippen molar-refractivity contribution in [2.45, 2.75) is 6.92 Å². The van der Waals surface area contributed by atoms with Crippen LogP contribution in [-0.4, -0.2) is 36.5 Å². The molecule has 0 spiro atoms. The van der Waals surface area contributed by atoms with Crippen LogP contribution in [0.5, 0.6) is 0 Å². The molecule has 1 aliphatic rings. The summed E-state index contributed by atoms with van der Waals surface area (Å²) in [6, 6.07) is 3.91. The third-order valence-corrected chi connectivity index (χ3v) is 5.00. The second-order valence-corrected chi connectivity index (χ2v) is 6.90. The smallest absolute Gasteiger partial charge is 0.410 e. The standard InChI is InChI=1S/C18H17NO3S2/c1-2-22-18(21)19-9-15(7-13-3-5-23-11-13)17(20)16(10-19)8-14-4-6-24-12-14/h3-8,11-12H,2,9-10H2,1H3/b15-7+,16-8+. The Morgan fingerprint density at radius 1 is 1.12 bits per heavy atom. The van der Waals surface area contributed by atoms with Gasteiger partial charge in [-0.15, -0.1) is 0 Å².